The summed E-state index contributed by atoms with van der Waals surface area (Å²) in [5.41, 5.74) is 11.4. The second-order valence-electron chi connectivity index (χ2n) is 32.0. The van der Waals surface area contributed by atoms with Crippen LogP contribution >= 0.6 is 69.6 Å². The molecule has 3 aromatic heterocycles. The maximum absolute atomic E-state index is 14.1. The van der Waals surface area contributed by atoms with E-state index >= 15 is 0 Å². The summed E-state index contributed by atoms with van der Waals surface area (Å²) in [6, 6.07) is 44.7. The van der Waals surface area contributed by atoms with Gasteiger partial charge in [-0.15, -0.1) is 0 Å². The number of carbonyl (C=O) groups excluding carboxylic acids is 6. The van der Waals surface area contributed by atoms with Gasteiger partial charge < -0.3 is 35.3 Å². The normalized spacial score (nSPS) is 18.4. The van der Waals surface area contributed by atoms with E-state index in [1.54, 1.807) is 124 Å². The van der Waals surface area contributed by atoms with Crippen molar-refractivity contribution in [1.82, 2.24) is 45.3 Å². The van der Waals surface area contributed by atoms with Crippen LogP contribution in [-0.4, -0.2) is 109 Å². The number of esters is 3. The van der Waals surface area contributed by atoms with Crippen molar-refractivity contribution in [1.29, 1.82) is 0 Å². The number of phenols is 1. The van der Waals surface area contributed by atoms with Gasteiger partial charge in [0.1, 0.15) is 41.1 Å². The van der Waals surface area contributed by atoms with Gasteiger partial charge in [0.15, 0.2) is 17.1 Å². The van der Waals surface area contributed by atoms with Crippen LogP contribution in [0, 0.1) is 41.0 Å². The van der Waals surface area contributed by atoms with Crippen molar-refractivity contribution in [3.05, 3.63) is 320 Å². The fraction of sp³-hybridized carbons (Fsp3) is 0.323. The number of hydrogen-bond acceptors (Lipinski definition) is 13. The van der Waals surface area contributed by atoms with Crippen molar-refractivity contribution < 1.29 is 65.6 Å². The van der Waals surface area contributed by atoms with E-state index in [0.717, 1.165) is 120 Å². The molecule has 5 aliphatic carbocycles. The van der Waals surface area contributed by atoms with E-state index in [1.165, 1.54) is 68.8 Å². The zero-order valence-corrected chi connectivity index (χ0v) is 73.1. The van der Waals surface area contributed by atoms with Gasteiger partial charge in [0.05, 0.1) is 76.0 Å². The first kappa shape index (κ1) is 90.5. The molecule has 19 nitrogen and oxygen atoms in total. The number of phenolic OH excluding ortho intramolecular Hbond substituents is 1. The molecule has 9 atom stereocenters. The molecule has 11 aromatic rings. The van der Waals surface area contributed by atoms with Gasteiger partial charge in [0.25, 0.3) is 17.7 Å². The van der Waals surface area contributed by atoms with Crippen LogP contribution in [0.5, 0.6) is 5.75 Å². The highest BCUT2D eigenvalue weighted by Gasteiger charge is 2.50. The molecule has 1 fully saturated rings. The maximum Gasteiger partial charge on any atom is 0.328 e. The molecular weight excluding hydrogens is 1730 g/mol. The lowest BCUT2D eigenvalue weighted by atomic mass is 9.88. The fourth-order valence-corrected chi connectivity index (χ4v) is 19.5. The van der Waals surface area contributed by atoms with Gasteiger partial charge in [-0.1, -0.05) is 162 Å². The number of hydrogen-bond donors (Lipinski definition) is 4. The molecule has 4 unspecified atom stereocenters. The molecule has 16 rings (SSSR count). The summed E-state index contributed by atoms with van der Waals surface area (Å²) in [6.07, 6.45) is 16.6. The number of rotatable bonds is 23. The SMILES string of the molecule is CCOC(=O)[C@H]1C2C=CC(C2)[C@H]1NC(=O)c1nn(-c2ccc(Cl)cc2Cl)c2c1CCCCC2Cc1cccc(F)c1.COC(=O)[C@@H](Cc1ccc(F)cc1)NC(=O)c1nn(-c2ccc(Cl)cc2Cl)c2c1CCCC[C@H]2Cc1cccc(F)c1.COC(=O)[C@@H](Cc1ccc(O)cc1)NC(=O)c1nn(-c2ccc(Cl)cc2Cl)c2c1CCCCC2Cc1cccc(F)c1. The standard InChI is InChI=1S/C32H29Cl2F2N3O3.C32H30Cl2FN3O4.C32H32Cl2FN3O3/c1-42-32(41)27(17-19-9-12-23(35)13-10-19)37-31(40)29-25-8-3-2-6-21(15-20-5-4-7-24(36)16-20)30(25)39(38-29)28-14-11-22(33)18-26(28)34;1-42-32(41)27(17-19-9-12-24(39)13-10-19)36-31(40)29-25-8-3-2-6-21(15-20-5-4-7-23(35)16-20)30(25)38(37-29)28-14-11-22(33)18-26(28)34;1-2-41-32(40)27-19-10-11-20(16-19)28(27)36-31(39)29-24-9-4-3-7-21(14-18-6-5-8-23(35)15-18)30(24)38(37-29)26-13-12-22(33)17-25(26)34/h4-5,7,9-14,16,18,21,27H,2-3,6,8,15,17H2,1H3,(H,37,40);4-5,7,9-14,16,18,21,27,39H,2-3,6,8,15,17H2,1H3,(H,36,40);5-6,8,10-13,15,17,19-21,27-28H,2-4,7,9,14,16H2,1H3,(H,36,39)/t21-,27+;21?,27-;19?,20?,21?,27-,28+/m010/s1. The third-order valence-corrected chi connectivity index (χ3v) is 25.3. The van der Waals surface area contributed by atoms with E-state index in [-0.39, 0.29) is 94.9 Å². The second-order valence-corrected chi connectivity index (χ2v) is 34.5. The van der Waals surface area contributed by atoms with Gasteiger partial charge in [-0.05, 0) is 245 Å². The van der Waals surface area contributed by atoms with Crippen molar-refractivity contribution in [3.8, 4) is 22.8 Å². The third kappa shape index (κ3) is 21.5. The van der Waals surface area contributed by atoms with Gasteiger partial charge in [0, 0.05) is 68.4 Å². The van der Waals surface area contributed by atoms with Crippen LogP contribution in [0.15, 0.2) is 188 Å². The molecule has 0 saturated heterocycles. The van der Waals surface area contributed by atoms with Crippen molar-refractivity contribution in [2.24, 2.45) is 17.8 Å². The lowest BCUT2D eigenvalue weighted by molar-refractivity contribution is -0.149. The highest BCUT2D eigenvalue weighted by Crippen LogP contribution is 2.47. The summed E-state index contributed by atoms with van der Waals surface area (Å²) in [7, 11) is 2.51. The molecule has 3 amide bonds. The molecule has 5 aliphatic rings. The number of nitrogens with zero attached hydrogens (tertiary/aromatic N) is 6. The lowest BCUT2D eigenvalue weighted by Crippen LogP contribution is -2.46. The van der Waals surface area contributed by atoms with Crippen molar-refractivity contribution in [2.75, 3.05) is 20.8 Å². The Balaban J connectivity index is 0.000000152. The van der Waals surface area contributed by atoms with Gasteiger partial charge in [-0.2, -0.15) is 15.3 Å². The minimum atomic E-state index is -1.03. The van der Waals surface area contributed by atoms with Gasteiger partial charge in [-0.3, -0.25) is 19.2 Å². The number of methoxy groups -OCH3 is 2. The molecule has 0 aliphatic heterocycles. The molecule has 3 heterocycles. The minimum absolute atomic E-state index is 0.00667. The molecule has 1 saturated carbocycles. The van der Waals surface area contributed by atoms with Crippen molar-refractivity contribution >= 4 is 105 Å². The summed E-state index contributed by atoms with van der Waals surface area (Å²) in [4.78, 5) is 80.0. The number of aromatic nitrogens is 6. The predicted molar refractivity (Wildman–Crippen MR) is 473 cm³/mol. The maximum atomic E-state index is 14.1. The number of carbonyl (C=O) groups is 6. The van der Waals surface area contributed by atoms with Crippen LogP contribution in [0.2, 0.25) is 30.1 Å². The fourth-order valence-electron chi connectivity index (χ4n) is 18.0. The van der Waals surface area contributed by atoms with Crippen LogP contribution < -0.4 is 16.0 Å². The average molecular weight is 1820 g/mol. The number of ether oxygens (including phenoxy) is 3. The zero-order valence-electron chi connectivity index (χ0n) is 68.6. The Hall–Kier alpha value is -10.8. The van der Waals surface area contributed by atoms with E-state index in [2.05, 4.69) is 28.1 Å². The Kier molecular flexibility index (Phi) is 29.7. The number of nitrogens with one attached hydrogen (secondary N) is 3. The highest BCUT2D eigenvalue weighted by atomic mass is 35.5. The Morgan fingerprint density at radius 3 is 1.18 bits per heavy atom. The monoisotopic (exact) mass is 1820 g/mol. The molecule has 0 radical (unpaired) electrons. The number of amides is 3. The average Bonchev–Trinajstić information content (AvgIpc) is 1.62. The summed E-state index contributed by atoms with van der Waals surface area (Å²) in [5, 5.41) is 35.4. The van der Waals surface area contributed by atoms with E-state index in [4.69, 9.17) is 99.1 Å². The number of benzene rings is 8. The second kappa shape index (κ2) is 41.1. The highest BCUT2D eigenvalue weighted by molar-refractivity contribution is 6.37. The van der Waals surface area contributed by atoms with Crippen LogP contribution in [0.4, 0.5) is 17.6 Å². The van der Waals surface area contributed by atoms with Crippen LogP contribution in [0.3, 0.4) is 0 Å². The van der Waals surface area contributed by atoms with Crippen LogP contribution in [-0.2, 0) is 80.0 Å². The topological polar surface area (TPSA) is 240 Å². The molecular formula is C96H91Cl6F4N9O10. The third-order valence-electron chi connectivity index (χ3n) is 23.7. The first-order valence-electron chi connectivity index (χ1n) is 41.7. The number of aromatic hydroxyl groups is 1. The Morgan fingerprint density at radius 2 is 0.816 bits per heavy atom. The number of halogens is 10. The van der Waals surface area contributed by atoms with Crippen molar-refractivity contribution in [2.45, 2.75) is 158 Å². The predicted octanol–water partition coefficient (Wildman–Crippen LogP) is 20.5. The molecule has 125 heavy (non-hydrogen) atoms. The molecule has 29 heteroatoms. The largest absolute Gasteiger partial charge is 0.508 e. The summed E-state index contributed by atoms with van der Waals surface area (Å²) >= 11 is 38.5. The van der Waals surface area contributed by atoms with E-state index in [0.29, 0.717) is 104 Å². The van der Waals surface area contributed by atoms with Gasteiger partial charge in [-0.25, -0.2) is 41.2 Å². The van der Waals surface area contributed by atoms with Gasteiger partial charge in [0.2, 0.25) is 0 Å². The first-order valence-corrected chi connectivity index (χ1v) is 44.0. The molecule has 8 aromatic carbocycles. The number of fused-ring (bicyclic) bond motifs is 5. The molecule has 0 spiro atoms. The quantitative estimate of drug-likeness (QED) is 0.0153. The van der Waals surface area contributed by atoms with Gasteiger partial charge >= 0.3 is 17.9 Å². The number of allylic oxidation sites excluding steroid dienone is 1. The summed E-state index contributed by atoms with van der Waals surface area (Å²) < 4.78 is 76.2. The smallest absolute Gasteiger partial charge is 0.328 e. The van der Waals surface area contributed by atoms with Crippen LogP contribution in [0.25, 0.3) is 17.1 Å². The lowest BCUT2D eigenvalue weighted by Gasteiger charge is -2.27. The van der Waals surface area contributed by atoms with Crippen LogP contribution in [0.1, 0.15) is 182 Å². The summed E-state index contributed by atoms with van der Waals surface area (Å²) in [5.74, 6) is -4.53. The first-order chi connectivity index (χ1) is 60.3. The minimum Gasteiger partial charge on any atom is -0.508 e. The molecule has 650 valence electrons. The Labute approximate surface area is 751 Å². The summed E-state index contributed by atoms with van der Waals surface area (Å²) in [6.45, 7) is 2.09. The van der Waals surface area contributed by atoms with E-state index in [9.17, 15) is 51.4 Å². The Morgan fingerprint density at radius 1 is 0.448 bits per heavy atom. The zero-order chi connectivity index (χ0) is 88.3. The van der Waals surface area contributed by atoms with E-state index in [1.807, 2.05) is 18.2 Å². The molecule has 2 bridgehead atoms. The van der Waals surface area contributed by atoms with E-state index < -0.39 is 47.6 Å². The Bertz CT molecular complexity index is 5610. The van der Waals surface area contributed by atoms with Crippen molar-refractivity contribution in [3.63, 3.8) is 0 Å². The molecule has 4 N–H and O–H groups in total.